The number of H-pyrrole nitrogens is 1. The predicted molar refractivity (Wildman–Crippen MR) is 75.1 cm³/mol. The van der Waals surface area contributed by atoms with Gasteiger partial charge in [-0.25, -0.2) is 4.98 Å². The molecule has 3 aromatic heterocycles. The molecule has 0 aliphatic carbocycles. The molecule has 0 spiro atoms. The van der Waals surface area contributed by atoms with E-state index in [1.54, 1.807) is 28.9 Å². The van der Waals surface area contributed by atoms with E-state index in [2.05, 4.69) is 31.1 Å². The van der Waals surface area contributed by atoms with E-state index in [0.29, 0.717) is 5.82 Å². The van der Waals surface area contributed by atoms with Gasteiger partial charge < -0.3 is 5.73 Å². The fourth-order valence-corrected chi connectivity index (χ4v) is 3.69. The number of rotatable bonds is 2. The van der Waals surface area contributed by atoms with Crippen LogP contribution in [0.15, 0.2) is 27.5 Å². The second-order valence-corrected chi connectivity index (χ2v) is 6.66. The summed E-state index contributed by atoms with van der Waals surface area (Å²) in [5.74, 6) is 0.554. The number of hydrogen-bond acceptors (Lipinski definition) is 5. The Balaban J connectivity index is 2.01. The van der Waals surface area contributed by atoms with Crippen molar-refractivity contribution in [1.29, 1.82) is 0 Å². The van der Waals surface area contributed by atoms with E-state index in [9.17, 15) is 0 Å². The molecule has 0 bridgehead atoms. The summed E-state index contributed by atoms with van der Waals surface area (Å²) in [5.41, 5.74) is 7.60. The molecule has 3 heterocycles. The molecule has 3 rings (SSSR count). The van der Waals surface area contributed by atoms with Crippen molar-refractivity contribution in [2.24, 2.45) is 0 Å². The number of nitrogens with one attached hydrogen (secondary N) is 1. The summed E-state index contributed by atoms with van der Waals surface area (Å²) in [6.07, 6.45) is 1.70. The van der Waals surface area contributed by atoms with E-state index in [4.69, 9.17) is 5.73 Å². The van der Waals surface area contributed by atoms with Crippen molar-refractivity contribution in [2.45, 2.75) is 0 Å². The van der Waals surface area contributed by atoms with Crippen molar-refractivity contribution in [2.75, 3.05) is 5.73 Å². The average Bonchev–Trinajstić information content (AvgIpc) is 2.97. The molecule has 86 valence electrons. The minimum Gasteiger partial charge on any atom is -0.383 e. The number of aromatic amines is 1. The maximum atomic E-state index is 5.77. The zero-order chi connectivity index (χ0) is 11.8. The number of nitrogens with zero attached hydrogens (tertiary/aromatic N) is 2. The molecule has 0 aliphatic rings. The van der Waals surface area contributed by atoms with E-state index in [-0.39, 0.29) is 0 Å². The largest absolute Gasteiger partial charge is 0.383 e. The smallest absolute Gasteiger partial charge is 0.129 e. The molecule has 0 aromatic carbocycles. The third-order valence-corrected chi connectivity index (χ3v) is 4.75. The van der Waals surface area contributed by atoms with Crippen LogP contribution < -0.4 is 5.73 Å². The highest BCUT2D eigenvalue weighted by atomic mass is 79.9. The van der Waals surface area contributed by atoms with Gasteiger partial charge in [0.05, 0.1) is 26.1 Å². The lowest BCUT2D eigenvalue weighted by molar-refractivity contribution is 1.10. The maximum Gasteiger partial charge on any atom is 0.129 e. The molecule has 0 amide bonds. The number of thiazole rings is 1. The van der Waals surface area contributed by atoms with Crippen molar-refractivity contribution < 1.29 is 0 Å². The van der Waals surface area contributed by atoms with Gasteiger partial charge in [0.15, 0.2) is 0 Å². The van der Waals surface area contributed by atoms with Crippen molar-refractivity contribution in [3.05, 3.63) is 27.5 Å². The maximum absolute atomic E-state index is 5.77. The molecule has 7 heteroatoms. The monoisotopic (exact) mass is 326 g/mol. The molecule has 0 fully saturated rings. The molecule has 3 N–H and O–H groups in total. The van der Waals surface area contributed by atoms with Gasteiger partial charge in [0, 0.05) is 5.38 Å². The van der Waals surface area contributed by atoms with E-state index < -0.39 is 0 Å². The standard InChI is InChI=1S/C10H7BrN4S2/c11-8-2-1-7(17-8)6-4-16-10(14-6)5-3-13-15-9(5)12/h1-4H,(H3,12,13,15). The average molecular weight is 327 g/mol. The summed E-state index contributed by atoms with van der Waals surface area (Å²) in [7, 11) is 0. The summed E-state index contributed by atoms with van der Waals surface area (Å²) in [6.45, 7) is 0. The van der Waals surface area contributed by atoms with Gasteiger partial charge >= 0.3 is 0 Å². The van der Waals surface area contributed by atoms with Crippen molar-refractivity contribution in [1.82, 2.24) is 15.2 Å². The van der Waals surface area contributed by atoms with E-state index >= 15 is 0 Å². The predicted octanol–water partition coefficient (Wildman–Crippen LogP) is 3.61. The first kappa shape index (κ1) is 10.9. The van der Waals surface area contributed by atoms with Gasteiger partial charge in [0.1, 0.15) is 10.8 Å². The Labute approximate surface area is 114 Å². The molecular formula is C10H7BrN4S2. The molecule has 0 radical (unpaired) electrons. The summed E-state index contributed by atoms with van der Waals surface area (Å²) >= 11 is 6.67. The first-order chi connectivity index (χ1) is 8.24. The van der Waals surface area contributed by atoms with Crippen LogP contribution in [0.1, 0.15) is 0 Å². The summed E-state index contributed by atoms with van der Waals surface area (Å²) in [4.78, 5) is 5.71. The normalized spacial score (nSPS) is 10.9. The van der Waals surface area contributed by atoms with Crippen LogP contribution in [0.3, 0.4) is 0 Å². The van der Waals surface area contributed by atoms with Gasteiger partial charge in [-0.2, -0.15) is 5.10 Å². The lowest BCUT2D eigenvalue weighted by atomic mass is 10.3. The van der Waals surface area contributed by atoms with Crippen LogP contribution in [0.25, 0.3) is 21.1 Å². The quantitative estimate of drug-likeness (QED) is 0.755. The van der Waals surface area contributed by atoms with Crippen LogP contribution in [-0.4, -0.2) is 15.2 Å². The number of thiophene rings is 1. The topological polar surface area (TPSA) is 67.6 Å². The fourth-order valence-electron chi connectivity index (χ4n) is 1.43. The van der Waals surface area contributed by atoms with Gasteiger partial charge in [-0.05, 0) is 28.1 Å². The van der Waals surface area contributed by atoms with Gasteiger partial charge in [0.25, 0.3) is 0 Å². The number of anilines is 1. The van der Waals surface area contributed by atoms with Gasteiger partial charge in [-0.3, -0.25) is 5.10 Å². The van der Waals surface area contributed by atoms with Crippen molar-refractivity contribution >= 4 is 44.4 Å². The molecule has 0 unspecified atom stereocenters. The Morgan fingerprint density at radius 1 is 1.35 bits per heavy atom. The Morgan fingerprint density at radius 2 is 2.24 bits per heavy atom. The zero-order valence-corrected chi connectivity index (χ0v) is 11.7. The number of hydrogen-bond donors (Lipinski definition) is 2. The molecular weight excluding hydrogens is 320 g/mol. The molecule has 3 aromatic rings. The minimum absolute atomic E-state index is 0.554. The molecule has 0 aliphatic heterocycles. The van der Waals surface area contributed by atoms with E-state index in [0.717, 1.165) is 24.9 Å². The molecule has 0 atom stereocenters. The number of aromatic nitrogens is 3. The lowest BCUT2D eigenvalue weighted by Crippen LogP contribution is -1.86. The first-order valence-corrected chi connectivity index (χ1v) is 7.23. The summed E-state index contributed by atoms with van der Waals surface area (Å²) < 4.78 is 1.10. The van der Waals surface area contributed by atoms with Crippen LogP contribution in [0.4, 0.5) is 5.82 Å². The van der Waals surface area contributed by atoms with Gasteiger partial charge in [-0.1, -0.05) is 0 Å². The van der Waals surface area contributed by atoms with Crippen LogP contribution in [0.5, 0.6) is 0 Å². The Hall–Kier alpha value is -1.18. The fraction of sp³-hybridized carbons (Fsp3) is 0. The minimum atomic E-state index is 0.554. The highest BCUT2D eigenvalue weighted by molar-refractivity contribution is 9.11. The molecule has 4 nitrogen and oxygen atoms in total. The summed E-state index contributed by atoms with van der Waals surface area (Å²) in [6, 6.07) is 4.07. The first-order valence-electron chi connectivity index (χ1n) is 4.74. The van der Waals surface area contributed by atoms with Crippen LogP contribution in [0, 0.1) is 0 Å². The van der Waals surface area contributed by atoms with Crippen molar-refractivity contribution in [3.8, 4) is 21.1 Å². The summed E-state index contributed by atoms with van der Waals surface area (Å²) in [5, 5.41) is 9.52. The second-order valence-electron chi connectivity index (χ2n) is 3.34. The molecule has 17 heavy (non-hydrogen) atoms. The van der Waals surface area contributed by atoms with Crippen LogP contribution >= 0.6 is 38.6 Å². The lowest BCUT2D eigenvalue weighted by Gasteiger charge is -1.91. The van der Waals surface area contributed by atoms with E-state index in [1.807, 2.05) is 17.5 Å². The Bertz CT molecular complexity index is 655. The van der Waals surface area contributed by atoms with Crippen molar-refractivity contribution in [3.63, 3.8) is 0 Å². The Morgan fingerprint density at radius 3 is 2.88 bits per heavy atom. The highest BCUT2D eigenvalue weighted by Gasteiger charge is 2.11. The highest BCUT2D eigenvalue weighted by Crippen LogP contribution is 2.35. The Kier molecular flexibility index (Phi) is 2.73. The third-order valence-electron chi connectivity index (χ3n) is 2.23. The van der Waals surface area contributed by atoms with Crippen LogP contribution in [-0.2, 0) is 0 Å². The zero-order valence-electron chi connectivity index (χ0n) is 8.48. The molecule has 0 saturated carbocycles. The van der Waals surface area contributed by atoms with E-state index in [1.165, 1.54) is 0 Å². The van der Waals surface area contributed by atoms with Crippen LogP contribution in [0.2, 0.25) is 0 Å². The number of nitrogens with two attached hydrogens (primary N) is 1. The van der Waals surface area contributed by atoms with Gasteiger partial charge in [-0.15, -0.1) is 22.7 Å². The molecule has 0 saturated heterocycles. The number of nitrogen functional groups attached to an aromatic ring is 1. The SMILES string of the molecule is Nc1[nH]ncc1-c1nc(-c2ccc(Br)s2)cs1. The third kappa shape index (κ3) is 2.01. The van der Waals surface area contributed by atoms with Gasteiger partial charge in [0.2, 0.25) is 0 Å². The number of halogens is 1. The second kappa shape index (κ2) is 4.25.